The number of ether oxygens (including phenoxy) is 1. The summed E-state index contributed by atoms with van der Waals surface area (Å²) in [5.41, 5.74) is 0. The van der Waals surface area contributed by atoms with Crippen molar-refractivity contribution in [3.8, 4) is 0 Å². The molecule has 0 aromatic rings. The molecule has 11 heavy (non-hydrogen) atoms. The second-order valence-corrected chi connectivity index (χ2v) is 3.70. The third-order valence-electron chi connectivity index (χ3n) is 1.53. The average Bonchev–Trinajstić information content (AvgIpc) is 2.52. The Kier molecular flexibility index (Phi) is 3.72. The molecule has 0 amide bonds. The van der Waals surface area contributed by atoms with Crippen molar-refractivity contribution in [3.05, 3.63) is 0 Å². The number of thioether (sulfide) groups is 1. The third-order valence-corrected chi connectivity index (χ3v) is 2.88. The van der Waals surface area contributed by atoms with Crippen LogP contribution < -0.4 is 0 Å². The minimum Gasteiger partial charge on any atom is -0.462 e. The first-order chi connectivity index (χ1) is 5.34. The van der Waals surface area contributed by atoms with Crippen molar-refractivity contribution in [2.45, 2.75) is 18.1 Å². The van der Waals surface area contributed by atoms with E-state index in [2.05, 4.69) is 0 Å². The van der Waals surface area contributed by atoms with Crippen LogP contribution >= 0.6 is 11.8 Å². The molecule has 1 heterocycles. The second kappa shape index (κ2) is 4.62. The molecule has 3 nitrogen and oxygen atoms in total. The summed E-state index contributed by atoms with van der Waals surface area (Å²) in [6.45, 7) is 0.0546. The zero-order chi connectivity index (χ0) is 8.10. The van der Waals surface area contributed by atoms with Crippen LogP contribution in [0.15, 0.2) is 0 Å². The molecule has 1 unspecified atom stereocenters. The number of carbonyl (C=O) groups is 1. The van der Waals surface area contributed by atoms with Crippen molar-refractivity contribution in [3.63, 3.8) is 0 Å². The highest BCUT2D eigenvalue weighted by Crippen LogP contribution is 2.26. The van der Waals surface area contributed by atoms with Gasteiger partial charge in [0.1, 0.15) is 11.9 Å². The van der Waals surface area contributed by atoms with Crippen LogP contribution in [0.1, 0.15) is 12.8 Å². The first-order valence-corrected chi connectivity index (χ1v) is 4.78. The topological polar surface area (TPSA) is 46.5 Å². The molecule has 0 bridgehead atoms. The molecule has 0 aromatic heterocycles. The normalized spacial score (nSPS) is 23.5. The minimum absolute atomic E-state index is 0.0292. The molecule has 1 aliphatic heterocycles. The number of aliphatic hydroxyl groups is 1. The summed E-state index contributed by atoms with van der Waals surface area (Å²) in [6.07, 6.45) is 2.03. The zero-order valence-electron chi connectivity index (χ0n) is 6.28. The van der Waals surface area contributed by atoms with Crippen LogP contribution in [-0.2, 0) is 9.53 Å². The predicted molar refractivity (Wildman–Crippen MR) is 43.5 cm³/mol. The van der Waals surface area contributed by atoms with Gasteiger partial charge < -0.3 is 9.84 Å². The van der Waals surface area contributed by atoms with Crippen molar-refractivity contribution in [1.29, 1.82) is 0 Å². The van der Waals surface area contributed by atoms with E-state index in [1.54, 1.807) is 11.8 Å². The van der Waals surface area contributed by atoms with Crippen molar-refractivity contribution in [2.24, 2.45) is 0 Å². The van der Waals surface area contributed by atoms with Gasteiger partial charge in [-0.25, -0.2) is 0 Å². The van der Waals surface area contributed by atoms with E-state index in [1.807, 2.05) is 0 Å². The Morgan fingerprint density at radius 1 is 1.73 bits per heavy atom. The highest BCUT2D eigenvalue weighted by Gasteiger charge is 2.24. The highest BCUT2D eigenvalue weighted by atomic mass is 32.2. The van der Waals surface area contributed by atoms with E-state index in [4.69, 9.17) is 9.84 Å². The molecule has 4 heteroatoms. The van der Waals surface area contributed by atoms with Gasteiger partial charge in [-0.2, -0.15) is 0 Å². The second-order valence-electron chi connectivity index (χ2n) is 2.39. The van der Waals surface area contributed by atoms with Gasteiger partial charge in [0.25, 0.3) is 0 Å². The van der Waals surface area contributed by atoms with Gasteiger partial charge in [-0.1, -0.05) is 0 Å². The highest BCUT2D eigenvalue weighted by molar-refractivity contribution is 8.00. The zero-order valence-corrected chi connectivity index (χ0v) is 7.10. The molecular formula is C7H12O3S. The van der Waals surface area contributed by atoms with Gasteiger partial charge in [-0.15, -0.1) is 11.8 Å². The fourth-order valence-electron chi connectivity index (χ4n) is 1.00. The van der Waals surface area contributed by atoms with Crippen molar-refractivity contribution in [1.82, 2.24) is 0 Å². The standard InChI is InChI=1S/C7H12O3S/c8-3-4-10-7(9)6-2-1-5-11-6/h6,8H,1-5H2. The predicted octanol–water partition coefficient (Wildman–Crippen LogP) is 0.417. The van der Waals surface area contributed by atoms with Crippen LogP contribution in [-0.4, -0.2) is 35.3 Å². The molecule has 1 atom stereocenters. The van der Waals surface area contributed by atoms with E-state index in [9.17, 15) is 4.79 Å². The van der Waals surface area contributed by atoms with Gasteiger partial charge in [-0.05, 0) is 18.6 Å². The number of rotatable bonds is 3. The molecule has 1 aliphatic rings. The van der Waals surface area contributed by atoms with E-state index < -0.39 is 0 Å². The maximum absolute atomic E-state index is 11.1. The van der Waals surface area contributed by atoms with Crippen molar-refractivity contribution < 1.29 is 14.6 Å². The Morgan fingerprint density at radius 3 is 3.09 bits per heavy atom. The van der Waals surface area contributed by atoms with E-state index in [0.717, 1.165) is 18.6 Å². The Bertz CT molecular complexity index is 132. The number of aliphatic hydroxyl groups excluding tert-OH is 1. The molecule has 0 aromatic carbocycles. The molecule has 0 spiro atoms. The maximum atomic E-state index is 11.1. The first-order valence-electron chi connectivity index (χ1n) is 3.73. The van der Waals surface area contributed by atoms with Crippen LogP contribution in [0.5, 0.6) is 0 Å². The lowest BCUT2D eigenvalue weighted by atomic mass is 10.2. The SMILES string of the molecule is O=C(OCCO)C1CCCS1. The summed E-state index contributed by atoms with van der Waals surface area (Å²) < 4.78 is 4.77. The maximum Gasteiger partial charge on any atom is 0.319 e. The third kappa shape index (κ3) is 2.71. The summed E-state index contributed by atoms with van der Waals surface area (Å²) in [5, 5.41) is 8.40. The molecular weight excluding hydrogens is 164 g/mol. The molecule has 1 N–H and O–H groups in total. The Balaban J connectivity index is 2.17. The van der Waals surface area contributed by atoms with Gasteiger partial charge in [0.05, 0.1) is 6.61 Å². The Hall–Kier alpha value is -0.220. The fraction of sp³-hybridized carbons (Fsp3) is 0.857. The van der Waals surface area contributed by atoms with E-state index in [-0.39, 0.29) is 24.4 Å². The number of hydrogen-bond acceptors (Lipinski definition) is 4. The quantitative estimate of drug-likeness (QED) is 0.633. The lowest BCUT2D eigenvalue weighted by Crippen LogP contribution is -2.19. The van der Waals surface area contributed by atoms with E-state index >= 15 is 0 Å². The van der Waals surface area contributed by atoms with Crippen LogP contribution in [0.4, 0.5) is 0 Å². The lowest BCUT2D eigenvalue weighted by molar-refractivity contribution is -0.143. The van der Waals surface area contributed by atoms with E-state index in [0.29, 0.717) is 0 Å². The van der Waals surface area contributed by atoms with Gasteiger partial charge in [-0.3, -0.25) is 4.79 Å². The van der Waals surface area contributed by atoms with E-state index in [1.165, 1.54) is 0 Å². The number of carbonyl (C=O) groups excluding carboxylic acids is 1. The van der Waals surface area contributed by atoms with Gasteiger partial charge >= 0.3 is 5.97 Å². The summed E-state index contributed by atoms with van der Waals surface area (Å²) in [7, 11) is 0. The van der Waals surface area contributed by atoms with Gasteiger partial charge in [0.2, 0.25) is 0 Å². The number of esters is 1. The smallest absolute Gasteiger partial charge is 0.319 e. The van der Waals surface area contributed by atoms with Crippen LogP contribution in [0.3, 0.4) is 0 Å². The summed E-state index contributed by atoms with van der Waals surface area (Å²) in [5.74, 6) is 0.889. The molecule has 1 rings (SSSR count). The summed E-state index contributed by atoms with van der Waals surface area (Å²) in [6, 6.07) is 0. The minimum atomic E-state index is -0.165. The van der Waals surface area contributed by atoms with Crippen LogP contribution in [0.2, 0.25) is 0 Å². The Labute approximate surface area is 70.1 Å². The lowest BCUT2D eigenvalue weighted by Gasteiger charge is -2.06. The molecule has 1 saturated heterocycles. The van der Waals surface area contributed by atoms with Crippen molar-refractivity contribution >= 4 is 17.7 Å². The fourth-order valence-corrected chi connectivity index (χ4v) is 2.16. The average molecular weight is 176 g/mol. The summed E-state index contributed by atoms with van der Waals surface area (Å²) >= 11 is 1.64. The number of hydrogen-bond donors (Lipinski definition) is 1. The van der Waals surface area contributed by atoms with Crippen LogP contribution in [0.25, 0.3) is 0 Å². The monoisotopic (exact) mass is 176 g/mol. The Morgan fingerprint density at radius 2 is 2.55 bits per heavy atom. The molecule has 0 radical (unpaired) electrons. The molecule has 0 saturated carbocycles. The molecule has 0 aliphatic carbocycles. The van der Waals surface area contributed by atoms with Crippen molar-refractivity contribution in [2.75, 3.05) is 19.0 Å². The molecule has 64 valence electrons. The molecule has 1 fully saturated rings. The largest absolute Gasteiger partial charge is 0.462 e. The van der Waals surface area contributed by atoms with Gasteiger partial charge in [0, 0.05) is 0 Å². The van der Waals surface area contributed by atoms with Crippen LogP contribution in [0, 0.1) is 0 Å². The summed E-state index contributed by atoms with van der Waals surface area (Å²) in [4.78, 5) is 11.1. The first kappa shape index (κ1) is 8.87. The van der Waals surface area contributed by atoms with Gasteiger partial charge in [0.15, 0.2) is 0 Å².